The Kier molecular flexibility index (Phi) is 5.00. The van der Waals surface area contributed by atoms with E-state index in [-0.39, 0.29) is 24.7 Å². The van der Waals surface area contributed by atoms with Gasteiger partial charge in [0.2, 0.25) is 5.91 Å². The van der Waals surface area contributed by atoms with Gasteiger partial charge in [-0.25, -0.2) is 9.97 Å². The van der Waals surface area contributed by atoms with Crippen molar-refractivity contribution in [1.29, 1.82) is 0 Å². The van der Waals surface area contributed by atoms with Crippen LogP contribution in [0.25, 0.3) is 0 Å². The third-order valence-electron chi connectivity index (χ3n) is 4.06. The maximum absolute atomic E-state index is 12.1. The normalized spacial score (nSPS) is 22.5. The van der Waals surface area contributed by atoms with E-state index >= 15 is 0 Å². The van der Waals surface area contributed by atoms with Crippen LogP contribution in [0.2, 0.25) is 0 Å². The molecule has 3 rings (SSSR count). The molecule has 1 aliphatic heterocycles. The predicted octanol–water partition coefficient (Wildman–Crippen LogP) is 1.55. The van der Waals surface area contributed by atoms with Crippen LogP contribution in [0, 0.1) is 12.8 Å². The highest BCUT2D eigenvalue weighted by molar-refractivity contribution is 5.77. The van der Waals surface area contributed by atoms with E-state index in [0.29, 0.717) is 18.3 Å². The van der Waals surface area contributed by atoms with Crippen LogP contribution >= 0.6 is 0 Å². The smallest absolute Gasteiger partial charge is 0.246 e. The van der Waals surface area contributed by atoms with Crippen LogP contribution in [-0.4, -0.2) is 41.8 Å². The number of nitrogens with one attached hydrogen (secondary N) is 1. The van der Waals surface area contributed by atoms with Crippen molar-refractivity contribution in [2.75, 3.05) is 19.8 Å². The molecule has 1 aliphatic carbocycles. The molecule has 0 bridgehead atoms. The fourth-order valence-electron chi connectivity index (χ4n) is 2.71. The van der Waals surface area contributed by atoms with E-state index in [4.69, 9.17) is 9.47 Å². The first-order chi connectivity index (χ1) is 10.7. The van der Waals surface area contributed by atoms with Crippen LogP contribution in [0.15, 0.2) is 12.3 Å². The molecule has 1 N–H and O–H groups in total. The Labute approximate surface area is 130 Å². The van der Waals surface area contributed by atoms with Gasteiger partial charge in [-0.05, 0) is 44.6 Å². The van der Waals surface area contributed by atoms with Gasteiger partial charge in [-0.15, -0.1) is 0 Å². The number of hydrogen-bond acceptors (Lipinski definition) is 5. The van der Waals surface area contributed by atoms with Gasteiger partial charge in [0.25, 0.3) is 0 Å². The summed E-state index contributed by atoms with van der Waals surface area (Å²) in [7, 11) is 0. The Balaban J connectivity index is 1.49. The lowest BCUT2D eigenvalue weighted by Crippen LogP contribution is -2.34. The number of carbonyl (C=O) groups excluding carboxylic acids is 1. The highest BCUT2D eigenvalue weighted by Crippen LogP contribution is 2.39. The van der Waals surface area contributed by atoms with Crippen molar-refractivity contribution >= 4 is 5.91 Å². The summed E-state index contributed by atoms with van der Waals surface area (Å²) in [6.45, 7) is 3.29. The number of aromatic nitrogens is 2. The standard InChI is InChI=1S/C16H23N3O3/c1-11-6-7-17-16(18-11)15(12-4-5-12)19-14(20)10-21-9-13-3-2-8-22-13/h6-7,12-13,15H,2-5,8-10H2,1H3,(H,19,20)/t13-,15+/m0/s1. The molecule has 6 heteroatoms. The zero-order valence-electron chi connectivity index (χ0n) is 13.0. The molecule has 1 aromatic heterocycles. The van der Waals surface area contributed by atoms with Crippen LogP contribution in [0.4, 0.5) is 0 Å². The summed E-state index contributed by atoms with van der Waals surface area (Å²) in [6, 6.07) is 1.76. The first-order valence-corrected chi connectivity index (χ1v) is 8.00. The van der Waals surface area contributed by atoms with Gasteiger partial charge in [-0.2, -0.15) is 0 Å². The SMILES string of the molecule is Cc1ccnc([C@H](NC(=O)COC[C@@H]2CCCO2)C2CC2)n1. The largest absolute Gasteiger partial charge is 0.376 e. The summed E-state index contributed by atoms with van der Waals surface area (Å²) in [4.78, 5) is 20.8. The molecule has 2 fully saturated rings. The molecule has 0 spiro atoms. The Morgan fingerprint density at radius 2 is 2.36 bits per heavy atom. The van der Waals surface area contributed by atoms with Crippen LogP contribution < -0.4 is 5.32 Å². The van der Waals surface area contributed by atoms with E-state index in [0.717, 1.165) is 38.0 Å². The minimum atomic E-state index is -0.111. The van der Waals surface area contributed by atoms with Gasteiger partial charge < -0.3 is 14.8 Å². The molecule has 22 heavy (non-hydrogen) atoms. The van der Waals surface area contributed by atoms with Crippen LogP contribution in [0.5, 0.6) is 0 Å². The number of ether oxygens (including phenoxy) is 2. The van der Waals surface area contributed by atoms with Crippen molar-refractivity contribution in [3.05, 3.63) is 23.8 Å². The lowest BCUT2D eigenvalue weighted by atomic mass is 10.1. The summed E-state index contributed by atoms with van der Waals surface area (Å²) in [5.41, 5.74) is 0.916. The van der Waals surface area contributed by atoms with Crippen LogP contribution in [0.3, 0.4) is 0 Å². The molecule has 1 saturated heterocycles. The molecule has 120 valence electrons. The highest BCUT2D eigenvalue weighted by Gasteiger charge is 2.35. The molecule has 0 aromatic carbocycles. The molecule has 2 atom stereocenters. The Morgan fingerprint density at radius 1 is 1.50 bits per heavy atom. The van der Waals surface area contributed by atoms with Gasteiger partial charge in [0.05, 0.1) is 18.8 Å². The van der Waals surface area contributed by atoms with Gasteiger partial charge in [0.15, 0.2) is 5.82 Å². The number of rotatable bonds is 7. The molecular formula is C16H23N3O3. The van der Waals surface area contributed by atoms with Gasteiger partial charge in [-0.3, -0.25) is 4.79 Å². The minimum absolute atomic E-state index is 0.0644. The van der Waals surface area contributed by atoms with Crippen molar-refractivity contribution in [2.24, 2.45) is 5.92 Å². The number of aryl methyl sites for hydroxylation is 1. The lowest BCUT2D eigenvalue weighted by Gasteiger charge is -2.17. The lowest BCUT2D eigenvalue weighted by molar-refractivity contribution is -0.127. The second-order valence-corrected chi connectivity index (χ2v) is 6.09. The number of nitrogens with zero attached hydrogens (tertiary/aromatic N) is 2. The average Bonchev–Trinajstić information content (AvgIpc) is 3.21. The first-order valence-electron chi connectivity index (χ1n) is 8.00. The van der Waals surface area contributed by atoms with E-state index in [2.05, 4.69) is 15.3 Å². The highest BCUT2D eigenvalue weighted by atomic mass is 16.5. The van der Waals surface area contributed by atoms with Crippen LogP contribution in [-0.2, 0) is 14.3 Å². The molecule has 1 aromatic rings. The van der Waals surface area contributed by atoms with E-state index in [1.54, 1.807) is 6.20 Å². The van der Waals surface area contributed by atoms with E-state index in [1.165, 1.54) is 0 Å². The Bertz CT molecular complexity index is 513. The molecular weight excluding hydrogens is 282 g/mol. The first kappa shape index (κ1) is 15.4. The van der Waals surface area contributed by atoms with Gasteiger partial charge in [-0.1, -0.05) is 0 Å². The number of carbonyl (C=O) groups is 1. The van der Waals surface area contributed by atoms with E-state index < -0.39 is 0 Å². The third kappa shape index (κ3) is 4.24. The molecule has 0 radical (unpaired) electrons. The van der Waals surface area contributed by atoms with Crippen LogP contribution in [0.1, 0.15) is 43.2 Å². The molecule has 6 nitrogen and oxygen atoms in total. The summed E-state index contributed by atoms with van der Waals surface area (Å²) in [5.74, 6) is 1.04. The zero-order chi connectivity index (χ0) is 15.4. The quantitative estimate of drug-likeness (QED) is 0.827. The molecule has 0 unspecified atom stereocenters. The van der Waals surface area contributed by atoms with Gasteiger partial charge in [0.1, 0.15) is 6.61 Å². The average molecular weight is 305 g/mol. The number of hydrogen-bond donors (Lipinski definition) is 1. The Morgan fingerprint density at radius 3 is 3.05 bits per heavy atom. The summed E-state index contributed by atoms with van der Waals surface area (Å²) < 4.78 is 10.9. The van der Waals surface area contributed by atoms with Crippen molar-refractivity contribution < 1.29 is 14.3 Å². The molecule has 2 heterocycles. The topological polar surface area (TPSA) is 73.3 Å². The summed E-state index contributed by atoms with van der Waals surface area (Å²) in [5, 5.41) is 3.02. The fourth-order valence-corrected chi connectivity index (χ4v) is 2.71. The minimum Gasteiger partial charge on any atom is -0.376 e. The second-order valence-electron chi connectivity index (χ2n) is 6.09. The van der Waals surface area contributed by atoms with E-state index in [9.17, 15) is 4.79 Å². The maximum atomic E-state index is 12.1. The monoisotopic (exact) mass is 305 g/mol. The van der Waals surface area contributed by atoms with Gasteiger partial charge in [0, 0.05) is 18.5 Å². The van der Waals surface area contributed by atoms with Crippen molar-refractivity contribution in [3.63, 3.8) is 0 Å². The van der Waals surface area contributed by atoms with Gasteiger partial charge >= 0.3 is 0 Å². The number of amides is 1. The maximum Gasteiger partial charge on any atom is 0.246 e. The fraction of sp³-hybridized carbons (Fsp3) is 0.688. The van der Waals surface area contributed by atoms with Crippen molar-refractivity contribution in [1.82, 2.24) is 15.3 Å². The second kappa shape index (κ2) is 7.15. The molecule has 1 saturated carbocycles. The summed E-state index contributed by atoms with van der Waals surface area (Å²) >= 11 is 0. The molecule has 1 amide bonds. The predicted molar refractivity (Wildman–Crippen MR) is 80.2 cm³/mol. The summed E-state index contributed by atoms with van der Waals surface area (Å²) in [6.07, 6.45) is 6.20. The third-order valence-corrected chi connectivity index (χ3v) is 4.06. The van der Waals surface area contributed by atoms with Crippen molar-refractivity contribution in [3.8, 4) is 0 Å². The molecule has 2 aliphatic rings. The Hall–Kier alpha value is -1.53. The zero-order valence-corrected chi connectivity index (χ0v) is 13.0. The van der Waals surface area contributed by atoms with E-state index in [1.807, 2.05) is 13.0 Å². The van der Waals surface area contributed by atoms with Crippen molar-refractivity contribution in [2.45, 2.75) is 44.8 Å².